The summed E-state index contributed by atoms with van der Waals surface area (Å²) in [6.45, 7) is 8.52. The van der Waals surface area contributed by atoms with E-state index in [1.807, 2.05) is 20.8 Å². The average molecular weight is 479 g/mol. The molecule has 7 nitrogen and oxygen atoms in total. The van der Waals surface area contributed by atoms with Crippen molar-refractivity contribution in [2.24, 2.45) is 5.41 Å². The van der Waals surface area contributed by atoms with Crippen LogP contribution in [0.1, 0.15) is 27.2 Å². The zero-order valence-electron chi connectivity index (χ0n) is 17.2. The average Bonchev–Trinajstić information content (AvgIpc) is 3.08. The Balaban J connectivity index is 1.43. The van der Waals surface area contributed by atoms with Crippen LogP contribution >= 0.6 is 15.9 Å². The van der Waals surface area contributed by atoms with Gasteiger partial charge >= 0.3 is 6.09 Å². The molecule has 1 aromatic heterocycles. The van der Waals surface area contributed by atoms with Crippen LogP contribution in [-0.4, -0.2) is 52.7 Å². The fraction of sp³-hybridized carbons (Fsp3) is 0.476. The van der Waals surface area contributed by atoms with E-state index in [1.165, 1.54) is 18.5 Å². The number of halogens is 2. The van der Waals surface area contributed by atoms with Crippen molar-refractivity contribution >= 4 is 27.8 Å². The van der Waals surface area contributed by atoms with E-state index >= 15 is 0 Å². The quantitative estimate of drug-likeness (QED) is 0.640. The predicted molar refractivity (Wildman–Crippen MR) is 113 cm³/mol. The smallest absolute Gasteiger partial charge is 0.410 e. The summed E-state index contributed by atoms with van der Waals surface area (Å²) in [7, 11) is 0. The number of carbonyl (C=O) groups is 1. The van der Waals surface area contributed by atoms with Gasteiger partial charge in [0.15, 0.2) is 11.6 Å². The minimum atomic E-state index is -0.500. The molecule has 2 aliphatic heterocycles. The zero-order valence-corrected chi connectivity index (χ0v) is 18.8. The molecule has 0 unspecified atom stereocenters. The summed E-state index contributed by atoms with van der Waals surface area (Å²) in [4.78, 5) is 24.7. The van der Waals surface area contributed by atoms with Gasteiger partial charge in [-0.25, -0.2) is 19.2 Å². The van der Waals surface area contributed by atoms with Gasteiger partial charge in [-0.2, -0.15) is 0 Å². The molecule has 2 aliphatic rings. The van der Waals surface area contributed by atoms with Gasteiger partial charge in [-0.05, 0) is 61.3 Å². The highest BCUT2D eigenvalue weighted by molar-refractivity contribution is 9.10. The molecule has 3 heterocycles. The van der Waals surface area contributed by atoms with Gasteiger partial charge in [-0.1, -0.05) is 0 Å². The Morgan fingerprint density at radius 1 is 1.23 bits per heavy atom. The Morgan fingerprint density at radius 3 is 2.70 bits per heavy atom. The minimum Gasteiger partial charge on any atom is -0.451 e. The summed E-state index contributed by atoms with van der Waals surface area (Å²) in [5, 5.41) is 0. The molecule has 0 N–H and O–H groups in total. The van der Waals surface area contributed by atoms with Gasteiger partial charge in [0.25, 0.3) is 0 Å². The summed E-state index contributed by atoms with van der Waals surface area (Å²) < 4.78 is 25.3. The van der Waals surface area contributed by atoms with Gasteiger partial charge < -0.3 is 19.3 Å². The van der Waals surface area contributed by atoms with Crippen molar-refractivity contribution in [1.82, 2.24) is 14.9 Å². The first-order valence-electron chi connectivity index (χ1n) is 9.80. The second-order valence-electron chi connectivity index (χ2n) is 8.90. The molecule has 1 spiro atoms. The second kappa shape index (κ2) is 7.68. The standard InChI is InChI=1S/C21H24BrFN4O3/c1-20(2,3)30-19(28)26-7-6-21(10-26)11-27(12-21)18-17(9-24-13-25-18)29-16-5-4-14(23)8-15(16)22/h4-5,8-9,13H,6-7,10-12H2,1-3H3. The molecule has 2 aromatic rings. The lowest BCUT2D eigenvalue weighted by Crippen LogP contribution is -2.58. The number of anilines is 1. The third-order valence-corrected chi connectivity index (χ3v) is 5.83. The van der Waals surface area contributed by atoms with Crippen LogP contribution in [0, 0.1) is 11.2 Å². The molecule has 2 fully saturated rings. The first-order chi connectivity index (χ1) is 14.1. The van der Waals surface area contributed by atoms with Gasteiger partial charge in [-0.15, -0.1) is 0 Å². The van der Waals surface area contributed by atoms with Crippen molar-refractivity contribution in [3.05, 3.63) is 41.0 Å². The van der Waals surface area contributed by atoms with E-state index in [2.05, 4.69) is 30.8 Å². The van der Waals surface area contributed by atoms with Gasteiger partial charge in [-0.3, -0.25) is 0 Å². The van der Waals surface area contributed by atoms with Crippen molar-refractivity contribution in [2.45, 2.75) is 32.8 Å². The van der Waals surface area contributed by atoms with Crippen molar-refractivity contribution in [3.8, 4) is 11.5 Å². The van der Waals surface area contributed by atoms with Crippen molar-refractivity contribution in [3.63, 3.8) is 0 Å². The number of likely N-dealkylation sites (tertiary alicyclic amines) is 1. The second-order valence-corrected chi connectivity index (χ2v) is 9.75. The highest BCUT2D eigenvalue weighted by Gasteiger charge is 2.50. The number of aromatic nitrogens is 2. The number of rotatable bonds is 3. The first-order valence-corrected chi connectivity index (χ1v) is 10.6. The maximum atomic E-state index is 13.4. The fourth-order valence-corrected chi connectivity index (χ4v) is 4.32. The van der Waals surface area contributed by atoms with Crippen LogP contribution in [0.25, 0.3) is 0 Å². The molecule has 0 atom stereocenters. The van der Waals surface area contributed by atoms with Crippen LogP contribution < -0.4 is 9.64 Å². The lowest BCUT2D eigenvalue weighted by molar-refractivity contribution is 0.0265. The molecule has 9 heteroatoms. The van der Waals surface area contributed by atoms with Gasteiger partial charge in [0.05, 0.1) is 10.7 Å². The SMILES string of the molecule is CC(C)(C)OC(=O)N1CCC2(C1)CN(c1ncncc1Oc1ccc(F)cc1Br)C2. The third kappa shape index (κ3) is 4.35. The molecule has 0 aliphatic carbocycles. The highest BCUT2D eigenvalue weighted by Crippen LogP contribution is 2.44. The van der Waals surface area contributed by atoms with Crippen molar-refractivity contribution in [1.29, 1.82) is 0 Å². The molecule has 1 amide bonds. The van der Waals surface area contributed by atoms with E-state index in [0.29, 0.717) is 34.9 Å². The van der Waals surface area contributed by atoms with E-state index in [1.54, 1.807) is 17.2 Å². The lowest BCUT2D eigenvalue weighted by Gasteiger charge is -2.48. The molecular weight excluding hydrogens is 455 g/mol. The molecule has 0 radical (unpaired) electrons. The summed E-state index contributed by atoms with van der Waals surface area (Å²) in [6, 6.07) is 4.25. The molecule has 4 rings (SSSR count). The number of hydrogen-bond donors (Lipinski definition) is 0. The molecule has 2 saturated heterocycles. The summed E-state index contributed by atoms with van der Waals surface area (Å²) in [6.07, 6.45) is 3.75. The van der Waals surface area contributed by atoms with Crippen LogP contribution in [0.3, 0.4) is 0 Å². The molecule has 1 aromatic carbocycles. The maximum absolute atomic E-state index is 13.4. The van der Waals surface area contributed by atoms with E-state index in [4.69, 9.17) is 9.47 Å². The van der Waals surface area contributed by atoms with Gasteiger partial charge in [0, 0.05) is 31.6 Å². The topological polar surface area (TPSA) is 67.8 Å². The van der Waals surface area contributed by atoms with Gasteiger partial charge in [0.1, 0.15) is 23.5 Å². The Kier molecular flexibility index (Phi) is 5.34. The molecule has 0 bridgehead atoms. The Hall–Kier alpha value is -2.42. The summed E-state index contributed by atoms with van der Waals surface area (Å²) >= 11 is 3.32. The Labute approximate surface area is 183 Å². The van der Waals surface area contributed by atoms with Gasteiger partial charge in [0.2, 0.25) is 0 Å². The zero-order chi connectivity index (χ0) is 21.5. The van der Waals surface area contributed by atoms with Crippen molar-refractivity contribution in [2.75, 3.05) is 31.1 Å². The van der Waals surface area contributed by atoms with Crippen LogP contribution in [-0.2, 0) is 4.74 Å². The fourth-order valence-electron chi connectivity index (χ4n) is 3.89. The summed E-state index contributed by atoms with van der Waals surface area (Å²) in [5.74, 6) is 1.32. The Morgan fingerprint density at radius 2 is 2.00 bits per heavy atom. The minimum absolute atomic E-state index is 0.0373. The first kappa shape index (κ1) is 20.8. The van der Waals surface area contributed by atoms with E-state index in [-0.39, 0.29) is 17.3 Å². The van der Waals surface area contributed by atoms with E-state index in [0.717, 1.165) is 19.5 Å². The van der Waals surface area contributed by atoms with E-state index < -0.39 is 5.60 Å². The number of ether oxygens (including phenoxy) is 2. The summed E-state index contributed by atoms with van der Waals surface area (Å²) in [5.41, 5.74) is -0.462. The highest BCUT2D eigenvalue weighted by atomic mass is 79.9. The van der Waals surface area contributed by atoms with Crippen molar-refractivity contribution < 1.29 is 18.7 Å². The number of benzene rings is 1. The van der Waals surface area contributed by atoms with E-state index in [9.17, 15) is 9.18 Å². The van der Waals surface area contributed by atoms with Crippen LogP contribution in [0.5, 0.6) is 11.5 Å². The molecular formula is C21H24BrFN4O3. The third-order valence-electron chi connectivity index (χ3n) is 5.21. The number of hydrogen-bond acceptors (Lipinski definition) is 6. The Bertz CT molecular complexity index is 960. The monoisotopic (exact) mass is 478 g/mol. The largest absolute Gasteiger partial charge is 0.451 e. The normalized spacial score (nSPS) is 17.8. The van der Waals surface area contributed by atoms with Crippen LogP contribution in [0.15, 0.2) is 35.2 Å². The van der Waals surface area contributed by atoms with Crippen LogP contribution in [0.2, 0.25) is 0 Å². The number of amides is 1. The molecule has 0 saturated carbocycles. The maximum Gasteiger partial charge on any atom is 0.410 e. The molecule has 30 heavy (non-hydrogen) atoms. The number of carbonyl (C=O) groups excluding carboxylic acids is 1. The number of nitrogens with zero attached hydrogens (tertiary/aromatic N) is 4. The lowest BCUT2D eigenvalue weighted by atomic mass is 9.79. The predicted octanol–water partition coefficient (Wildman–Crippen LogP) is 4.62. The molecule has 160 valence electrons. The van der Waals surface area contributed by atoms with Crippen LogP contribution in [0.4, 0.5) is 15.0 Å².